The molecule has 9 heteroatoms. The molecule has 2 aromatic heterocycles. The number of hydrogen-bond acceptors (Lipinski definition) is 8. The number of ether oxygens (including phenoxy) is 1. The van der Waals surface area contributed by atoms with Gasteiger partial charge >= 0.3 is 23.8 Å². The number of anilines is 3. The van der Waals surface area contributed by atoms with Gasteiger partial charge in [-0.3, -0.25) is 14.6 Å². The summed E-state index contributed by atoms with van der Waals surface area (Å²) in [6.07, 6.45) is 6.65. The number of benzene rings is 1. The van der Waals surface area contributed by atoms with Crippen LogP contribution in [0.5, 0.6) is 0 Å². The Hall–Kier alpha value is -3.75. The first-order chi connectivity index (χ1) is 16.1. The lowest BCUT2D eigenvalue weighted by atomic mass is 9.77. The number of nitrogens with zero attached hydrogens (tertiary/aromatic N) is 3. The van der Waals surface area contributed by atoms with Crippen molar-refractivity contribution >= 4 is 29.3 Å². The van der Waals surface area contributed by atoms with Gasteiger partial charge in [0.05, 0.1) is 24.9 Å². The van der Waals surface area contributed by atoms with Crippen molar-refractivity contribution in [2.24, 2.45) is 11.3 Å². The number of aromatic nitrogens is 3. The van der Waals surface area contributed by atoms with Crippen molar-refractivity contribution in [3.05, 3.63) is 60.2 Å². The summed E-state index contributed by atoms with van der Waals surface area (Å²) in [5.41, 5.74) is 2.49. The summed E-state index contributed by atoms with van der Waals surface area (Å²) in [6.45, 7) is 0. The Morgan fingerprint density at radius 3 is 2.55 bits per heavy atom. The van der Waals surface area contributed by atoms with Crippen LogP contribution in [0.25, 0.3) is 0 Å². The van der Waals surface area contributed by atoms with Crippen LogP contribution in [0.4, 0.5) is 17.4 Å². The van der Waals surface area contributed by atoms with E-state index in [-0.39, 0.29) is 29.2 Å². The fraction of sp³-hybridized carbons (Fsp3) is 0.375. The first-order valence-electron chi connectivity index (χ1n) is 11.1. The quantitative estimate of drug-likeness (QED) is 0.537. The third kappa shape index (κ3) is 4.44. The molecular formula is C24H25N5O4. The Morgan fingerprint density at radius 2 is 1.85 bits per heavy atom. The molecule has 0 unspecified atom stereocenters. The zero-order chi connectivity index (χ0) is 22.8. The molecule has 1 amide bonds. The molecule has 2 N–H and O–H groups in total. The lowest BCUT2D eigenvalue weighted by Crippen LogP contribution is -2.20. The van der Waals surface area contributed by atoms with Gasteiger partial charge in [-0.1, -0.05) is 23.3 Å². The van der Waals surface area contributed by atoms with Crippen LogP contribution in [-0.4, -0.2) is 34.2 Å². The highest BCUT2D eigenvalue weighted by Crippen LogP contribution is 2.63. The minimum absolute atomic E-state index is 0.0714. The maximum atomic E-state index is 12.5. The second-order valence-electron chi connectivity index (χ2n) is 8.75. The molecule has 170 valence electrons. The molecule has 9 nitrogen and oxygen atoms in total. The zero-order valence-corrected chi connectivity index (χ0v) is 18.3. The summed E-state index contributed by atoms with van der Waals surface area (Å²) in [4.78, 5) is 28.8. The van der Waals surface area contributed by atoms with Gasteiger partial charge in [0.15, 0.2) is 0 Å². The van der Waals surface area contributed by atoms with Crippen LogP contribution in [-0.2, 0) is 9.53 Å². The molecule has 33 heavy (non-hydrogen) atoms. The molecular weight excluding hydrogens is 422 g/mol. The summed E-state index contributed by atoms with van der Waals surface area (Å²) in [6, 6.07) is 13.3. The van der Waals surface area contributed by atoms with Gasteiger partial charge in [-0.25, -0.2) is 0 Å². The molecule has 5 rings (SSSR count). The maximum absolute atomic E-state index is 12.5. The highest BCUT2D eigenvalue weighted by Gasteiger charge is 2.59. The van der Waals surface area contributed by atoms with Crippen LogP contribution < -0.4 is 10.6 Å². The number of esters is 1. The van der Waals surface area contributed by atoms with Crippen molar-refractivity contribution in [3.8, 4) is 0 Å². The van der Waals surface area contributed by atoms with E-state index in [2.05, 4.69) is 25.8 Å². The molecule has 2 heterocycles. The van der Waals surface area contributed by atoms with Gasteiger partial charge in [0.2, 0.25) is 0 Å². The third-order valence-electron chi connectivity index (χ3n) is 6.76. The summed E-state index contributed by atoms with van der Waals surface area (Å²) >= 11 is 0. The van der Waals surface area contributed by atoms with E-state index in [1.807, 2.05) is 42.5 Å². The first-order valence-corrected chi connectivity index (χ1v) is 11.1. The number of hydrogen-bond donors (Lipinski definition) is 2. The van der Waals surface area contributed by atoms with Gasteiger partial charge in [-0.2, -0.15) is 0 Å². The fourth-order valence-electron chi connectivity index (χ4n) is 4.78. The van der Waals surface area contributed by atoms with Crippen LogP contribution in [0, 0.1) is 11.3 Å². The standard InChI is InChI=1S/C24H25N5O4/c1-32-22(31)18-13-24(18)11-9-15(10-12-24)19-8-7-17(14-25-19)26-20(30)21-28-29-23(33-21)27-16-5-3-2-4-6-16/h2-8,14-15,18H,9-13H2,1H3,(H,26,30)(H,27,29)/t15?,18-,24?/m1/s1. The predicted molar refractivity (Wildman–Crippen MR) is 120 cm³/mol. The molecule has 2 aliphatic rings. The fourth-order valence-corrected chi connectivity index (χ4v) is 4.78. The lowest BCUT2D eigenvalue weighted by Gasteiger charge is -2.28. The Labute approximate surface area is 191 Å². The maximum Gasteiger partial charge on any atom is 0.320 e. The van der Waals surface area contributed by atoms with Crippen LogP contribution in [0.2, 0.25) is 0 Å². The molecule has 0 saturated heterocycles. The second-order valence-corrected chi connectivity index (χ2v) is 8.75. The van der Waals surface area contributed by atoms with Gasteiger partial charge in [0.1, 0.15) is 0 Å². The third-order valence-corrected chi connectivity index (χ3v) is 6.76. The molecule has 2 fully saturated rings. The summed E-state index contributed by atoms with van der Waals surface area (Å²) in [5.74, 6) is -0.278. The smallest absolute Gasteiger partial charge is 0.320 e. The van der Waals surface area contributed by atoms with Crippen molar-refractivity contribution < 1.29 is 18.7 Å². The zero-order valence-electron chi connectivity index (χ0n) is 18.3. The summed E-state index contributed by atoms with van der Waals surface area (Å²) in [5, 5.41) is 13.3. The van der Waals surface area contributed by atoms with Gasteiger partial charge in [-0.05, 0) is 61.8 Å². The van der Waals surface area contributed by atoms with E-state index in [1.165, 1.54) is 7.11 Å². The van der Waals surface area contributed by atoms with Gasteiger partial charge in [-0.15, -0.1) is 5.10 Å². The van der Waals surface area contributed by atoms with E-state index in [1.54, 1.807) is 6.20 Å². The highest BCUT2D eigenvalue weighted by atomic mass is 16.5. The van der Waals surface area contributed by atoms with Gasteiger partial charge in [0.25, 0.3) is 0 Å². The minimum atomic E-state index is -0.500. The minimum Gasteiger partial charge on any atom is -0.469 e. The second kappa shape index (κ2) is 8.65. The van der Waals surface area contributed by atoms with Crippen molar-refractivity contribution in [3.63, 3.8) is 0 Å². The Bertz CT molecular complexity index is 1140. The normalized spacial score (nSPS) is 23.7. The average Bonchev–Trinajstić information content (AvgIpc) is 3.33. The van der Waals surface area contributed by atoms with Crippen LogP contribution in [0.1, 0.15) is 54.4 Å². The number of para-hydroxylation sites is 1. The molecule has 0 bridgehead atoms. The van der Waals surface area contributed by atoms with E-state index in [0.717, 1.165) is 43.5 Å². The first kappa shape index (κ1) is 21.1. The highest BCUT2D eigenvalue weighted by molar-refractivity contribution is 6.00. The van der Waals surface area contributed by atoms with Crippen molar-refractivity contribution in [1.29, 1.82) is 0 Å². The largest absolute Gasteiger partial charge is 0.469 e. The number of pyridine rings is 1. The molecule has 1 spiro atoms. The van der Waals surface area contributed by atoms with E-state index in [0.29, 0.717) is 11.6 Å². The number of nitrogens with one attached hydrogen (secondary N) is 2. The van der Waals surface area contributed by atoms with E-state index >= 15 is 0 Å². The van der Waals surface area contributed by atoms with E-state index in [4.69, 9.17) is 9.15 Å². The Morgan fingerprint density at radius 1 is 1.06 bits per heavy atom. The van der Waals surface area contributed by atoms with Crippen LogP contribution in [0.15, 0.2) is 53.1 Å². The number of rotatable bonds is 6. The van der Waals surface area contributed by atoms with Gasteiger partial charge < -0.3 is 19.8 Å². The predicted octanol–water partition coefficient (Wildman–Crippen LogP) is 4.30. The van der Waals surface area contributed by atoms with E-state index < -0.39 is 5.91 Å². The van der Waals surface area contributed by atoms with Crippen molar-refractivity contribution in [2.75, 3.05) is 17.7 Å². The summed E-state index contributed by atoms with van der Waals surface area (Å²) < 4.78 is 10.3. The number of methoxy groups -OCH3 is 1. The molecule has 2 aliphatic carbocycles. The van der Waals surface area contributed by atoms with Crippen molar-refractivity contribution in [1.82, 2.24) is 15.2 Å². The molecule has 0 aliphatic heterocycles. The SMILES string of the molecule is COC(=O)[C@H]1CC12CCC(c1ccc(NC(=O)c3nnc(Nc4ccccc4)o3)cn1)CC2. The average molecular weight is 447 g/mol. The van der Waals surface area contributed by atoms with Crippen molar-refractivity contribution in [2.45, 2.75) is 38.0 Å². The lowest BCUT2D eigenvalue weighted by molar-refractivity contribution is -0.143. The molecule has 2 saturated carbocycles. The topological polar surface area (TPSA) is 119 Å². The number of carbonyl (C=O) groups is 2. The molecule has 1 atom stereocenters. The summed E-state index contributed by atoms with van der Waals surface area (Å²) in [7, 11) is 1.46. The number of carbonyl (C=O) groups excluding carboxylic acids is 2. The molecule has 1 aromatic carbocycles. The molecule has 3 aromatic rings. The Balaban J connectivity index is 1.15. The Kier molecular flexibility index (Phi) is 5.53. The number of amides is 1. The van der Waals surface area contributed by atoms with Gasteiger partial charge in [0, 0.05) is 17.3 Å². The van der Waals surface area contributed by atoms with Crippen LogP contribution >= 0.6 is 0 Å². The van der Waals surface area contributed by atoms with Crippen LogP contribution in [0.3, 0.4) is 0 Å². The monoisotopic (exact) mass is 447 g/mol. The van der Waals surface area contributed by atoms with E-state index in [9.17, 15) is 9.59 Å². The molecule has 0 radical (unpaired) electrons.